The van der Waals surface area contributed by atoms with E-state index in [2.05, 4.69) is 26.2 Å². The van der Waals surface area contributed by atoms with Gasteiger partial charge < -0.3 is 5.32 Å². The molecule has 0 aliphatic carbocycles. The van der Waals surface area contributed by atoms with Crippen LogP contribution < -0.4 is 5.32 Å². The summed E-state index contributed by atoms with van der Waals surface area (Å²) in [6, 6.07) is 9.12. The quantitative estimate of drug-likeness (QED) is 0.852. The molecule has 0 amide bonds. The Kier molecular flexibility index (Phi) is 3.69. The summed E-state index contributed by atoms with van der Waals surface area (Å²) in [5, 5.41) is 4.18. The molecular formula is C11H7BrCl2N2. The lowest BCUT2D eigenvalue weighted by atomic mass is 10.3. The number of hydrogen-bond acceptors (Lipinski definition) is 2. The average Bonchev–Trinajstić information content (AvgIpc) is 2.27. The zero-order valence-corrected chi connectivity index (χ0v) is 11.1. The number of pyridine rings is 1. The number of rotatable bonds is 2. The summed E-state index contributed by atoms with van der Waals surface area (Å²) in [6.45, 7) is 0. The van der Waals surface area contributed by atoms with E-state index >= 15 is 0 Å². The van der Waals surface area contributed by atoms with E-state index in [-0.39, 0.29) is 0 Å². The molecule has 2 nitrogen and oxygen atoms in total. The Morgan fingerprint density at radius 2 is 1.88 bits per heavy atom. The van der Waals surface area contributed by atoms with Crippen LogP contribution in [0.15, 0.2) is 41.0 Å². The number of halogens is 3. The van der Waals surface area contributed by atoms with Gasteiger partial charge in [-0.2, -0.15) is 0 Å². The summed E-state index contributed by atoms with van der Waals surface area (Å²) >= 11 is 15.1. The van der Waals surface area contributed by atoms with Gasteiger partial charge in [-0.15, -0.1) is 0 Å². The molecule has 1 N–H and O–H groups in total. The molecule has 0 aliphatic heterocycles. The van der Waals surface area contributed by atoms with Crippen LogP contribution in [0.1, 0.15) is 0 Å². The highest BCUT2D eigenvalue weighted by atomic mass is 79.9. The third-order valence-corrected chi connectivity index (χ3v) is 3.13. The van der Waals surface area contributed by atoms with Gasteiger partial charge in [0.05, 0.1) is 10.0 Å². The van der Waals surface area contributed by atoms with Crippen molar-refractivity contribution in [1.82, 2.24) is 4.98 Å². The number of benzene rings is 1. The number of hydrogen-bond donors (Lipinski definition) is 1. The summed E-state index contributed by atoms with van der Waals surface area (Å²) in [4.78, 5) is 4.19. The van der Waals surface area contributed by atoms with Crippen LogP contribution in [0.4, 0.5) is 11.5 Å². The molecule has 1 aromatic heterocycles. The fourth-order valence-electron chi connectivity index (χ4n) is 1.17. The van der Waals surface area contributed by atoms with Crippen LogP contribution in [-0.2, 0) is 0 Å². The van der Waals surface area contributed by atoms with Crippen molar-refractivity contribution in [3.05, 3.63) is 51.0 Å². The van der Waals surface area contributed by atoms with Gasteiger partial charge in [0.2, 0.25) is 0 Å². The molecule has 82 valence electrons. The molecule has 1 aromatic carbocycles. The summed E-state index contributed by atoms with van der Waals surface area (Å²) in [5.41, 5.74) is 0.851. The molecule has 1 heterocycles. The molecule has 0 saturated heterocycles. The lowest BCUT2D eigenvalue weighted by Gasteiger charge is -2.06. The predicted molar refractivity (Wildman–Crippen MR) is 71.7 cm³/mol. The minimum Gasteiger partial charge on any atom is -0.340 e. The minimum absolute atomic E-state index is 0.517. The minimum atomic E-state index is 0.517. The van der Waals surface area contributed by atoms with Crippen molar-refractivity contribution < 1.29 is 0 Å². The summed E-state index contributed by atoms with van der Waals surface area (Å²) in [6.07, 6.45) is 1.72. The molecule has 0 bridgehead atoms. The Balaban J connectivity index is 2.20. The van der Waals surface area contributed by atoms with Crippen LogP contribution >= 0.6 is 39.1 Å². The van der Waals surface area contributed by atoms with Crippen LogP contribution in [0.25, 0.3) is 0 Å². The van der Waals surface area contributed by atoms with Crippen LogP contribution in [0.5, 0.6) is 0 Å². The molecule has 0 unspecified atom stereocenters. The molecule has 0 atom stereocenters. The average molecular weight is 318 g/mol. The van der Waals surface area contributed by atoms with Crippen molar-refractivity contribution in [2.24, 2.45) is 0 Å². The second-order valence-electron chi connectivity index (χ2n) is 3.12. The Bertz CT molecular complexity index is 500. The lowest BCUT2D eigenvalue weighted by Crippen LogP contribution is -1.92. The van der Waals surface area contributed by atoms with E-state index in [0.29, 0.717) is 10.0 Å². The first kappa shape index (κ1) is 11.7. The summed E-state index contributed by atoms with van der Waals surface area (Å²) in [7, 11) is 0. The number of nitrogens with one attached hydrogen (secondary N) is 1. The van der Waals surface area contributed by atoms with E-state index in [1.54, 1.807) is 18.3 Å². The number of anilines is 2. The second-order valence-corrected chi connectivity index (χ2v) is 4.85. The largest absolute Gasteiger partial charge is 0.340 e. The van der Waals surface area contributed by atoms with Gasteiger partial charge in [0.1, 0.15) is 5.82 Å². The van der Waals surface area contributed by atoms with Gasteiger partial charge in [-0.1, -0.05) is 23.2 Å². The zero-order valence-electron chi connectivity index (χ0n) is 8.05. The highest BCUT2D eigenvalue weighted by Gasteiger charge is 2.00. The normalized spacial score (nSPS) is 10.2. The SMILES string of the molecule is Clc1ccc(Nc2ccc(Br)cn2)cc1Cl. The third-order valence-electron chi connectivity index (χ3n) is 1.92. The smallest absolute Gasteiger partial charge is 0.130 e. The highest BCUT2D eigenvalue weighted by molar-refractivity contribution is 9.10. The molecule has 0 aliphatic rings. The van der Waals surface area contributed by atoms with E-state index < -0.39 is 0 Å². The maximum atomic E-state index is 5.91. The van der Waals surface area contributed by atoms with E-state index in [0.717, 1.165) is 16.0 Å². The van der Waals surface area contributed by atoms with Crippen molar-refractivity contribution >= 4 is 50.6 Å². The molecule has 0 saturated carbocycles. The highest BCUT2D eigenvalue weighted by Crippen LogP contribution is 2.26. The Morgan fingerprint density at radius 3 is 2.50 bits per heavy atom. The van der Waals surface area contributed by atoms with Crippen LogP contribution in [-0.4, -0.2) is 4.98 Å². The van der Waals surface area contributed by atoms with Gasteiger partial charge in [-0.3, -0.25) is 0 Å². The number of aromatic nitrogens is 1. The molecule has 0 spiro atoms. The van der Waals surface area contributed by atoms with Gasteiger partial charge in [-0.25, -0.2) is 4.98 Å². The van der Waals surface area contributed by atoms with E-state index in [1.807, 2.05) is 18.2 Å². The van der Waals surface area contributed by atoms with Gasteiger partial charge in [-0.05, 0) is 46.3 Å². The van der Waals surface area contributed by atoms with Gasteiger partial charge >= 0.3 is 0 Å². The van der Waals surface area contributed by atoms with Crippen molar-refractivity contribution in [3.63, 3.8) is 0 Å². The van der Waals surface area contributed by atoms with Crippen molar-refractivity contribution in [2.75, 3.05) is 5.32 Å². The first-order valence-electron chi connectivity index (χ1n) is 4.49. The van der Waals surface area contributed by atoms with Crippen LogP contribution in [0.2, 0.25) is 10.0 Å². The molecule has 2 rings (SSSR count). The van der Waals surface area contributed by atoms with Crippen molar-refractivity contribution in [3.8, 4) is 0 Å². The summed E-state index contributed by atoms with van der Waals surface area (Å²) in [5.74, 6) is 0.751. The number of nitrogens with zero attached hydrogens (tertiary/aromatic N) is 1. The Labute approximate surface area is 112 Å². The van der Waals surface area contributed by atoms with Gasteiger partial charge in [0.15, 0.2) is 0 Å². The van der Waals surface area contributed by atoms with Gasteiger partial charge in [0.25, 0.3) is 0 Å². The first-order chi connectivity index (χ1) is 7.65. The van der Waals surface area contributed by atoms with Crippen LogP contribution in [0.3, 0.4) is 0 Å². The van der Waals surface area contributed by atoms with Crippen molar-refractivity contribution in [1.29, 1.82) is 0 Å². The molecule has 16 heavy (non-hydrogen) atoms. The lowest BCUT2D eigenvalue weighted by molar-refractivity contribution is 1.29. The first-order valence-corrected chi connectivity index (χ1v) is 6.04. The molecule has 0 fully saturated rings. The monoisotopic (exact) mass is 316 g/mol. The Morgan fingerprint density at radius 1 is 1.06 bits per heavy atom. The predicted octanol–water partition coefficient (Wildman–Crippen LogP) is 4.89. The third kappa shape index (κ3) is 2.88. The standard InChI is InChI=1S/C11H7BrCl2N2/c12-7-1-4-11(15-6-7)16-8-2-3-9(13)10(14)5-8/h1-6H,(H,15,16). The van der Waals surface area contributed by atoms with Gasteiger partial charge in [0, 0.05) is 16.4 Å². The second kappa shape index (κ2) is 5.04. The molecule has 2 aromatic rings. The summed E-state index contributed by atoms with van der Waals surface area (Å²) < 4.78 is 0.937. The molecule has 0 radical (unpaired) electrons. The van der Waals surface area contributed by atoms with E-state index in [1.165, 1.54) is 0 Å². The van der Waals surface area contributed by atoms with Crippen molar-refractivity contribution in [2.45, 2.75) is 0 Å². The molecule has 5 heteroatoms. The maximum Gasteiger partial charge on any atom is 0.130 e. The molecular weight excluding hydrogens is 311 g/mol. The van der Waals surface area contributed by atoms with Crippen LogP contribution in [0, 0.1) is 0 Å². The van der Waals surface area contributed by atoms with E-state index in [4.69, 9.17) is 23.2 Å². The maximum absolute atomic E-state index is 5.91. The fraction of sp³-hybridized carbons (Fsp3) is 0. The zero-order chi connectivity index (χ0) is 11.5. The fourth-order valence-corrected chi connectivity index (χ4v) is 1.70. The van der Waals surface area contributed by atoms with E-state index in [9.17, 15) is 0 Å². The topological polar surface area (TPSA) is 24.9 Å². The Hall–Kier alpha value is -0.770.